The van der Waals surface area contributed by atoms with E-state index in [1.165, 1.54) is 5.56 Å². The van der Waals surface area contributed by atoms with Crippen LogP contribution >= 0.6 is 24.8 Å². The Morgan fingerprint density at radius 1 is 1.35 bits per heavy atom. The average molecular weight is 364 g/mol. The summed E-state index contributed by atoms with van der Waals surface area (Å²) in [7, 11) is 0. The first kappa shape index (κ1) is 22.0. The molecule has 1 fully saturated rings. The lowest BCUT2D eigenvalue weighted by atomic mass is 10.1. The number of hydrogen-bond donors (Lipinski definition) is 2. The van der Waals surface area contributed by atoms with Crippen LogP contribution in [0.3, 0.4) is 0 Å². The van der Waals surface area contributed by atoms with E-state index in [1.807, 2.05) is 31.2 Å². The molecule has 5 nitrogen and oxygen atoms in total. The SMILES string of the molecule is Cc1cccc(OC2CN(C(=O)[C@@H](N)CCCCN)C2)c1.Cl.Cl. The Kier molecular flexibility index (Phi) is 10.2. The number of ether oxygens (including phenoxy) is 1. The molecule has 1 aromatic carbocycles. The Balaban J connectivity index is 0.00000242. The molecule has 0 spiro atoms. The van der Waals surface area contributed by atoms with E-state index >= 15 is 0 Å². The topological polar surface area (TPSA) is 81.6 Å². The fourth-order valence-electron chi connectivity index (χ4n) is 2.44. The molecule has 1 aliphatic rings. The highest BCUT2D eigenvalue weighted by Crippen LogP contribution is 2.20. The Morgan fingerprint density at radius 3 is 2.65 bits per heavy atom. The van der Waals surface area contributed by atoms with E-state index in [0.29, 0.717) is 26.1 Å². The zero-order chi connectivity index (χ0) is 15.2. The molecule has 0 radical (unpaired) electrons. The lowest BCUT2D eigenvalue weighted by molar-refractivity contribution is -0.141. The molecule has 0 unspecified atom stereocenters. The van der Waals surface area contributed by atoms with Crippen LogP contribution in [-0.2, 0) is 4.79 Å². The minimum absolute atomic E-state index is 0. The number of nitrogens with two attached hydrogens (primary N) is 2. The molecule has 23 heavy (non-hydrogen) atoms. The van der Waals surface area contributed by atoms with E-state index in [-0.39, 0.29) is 36.8 Å². The molecule has 0 saturated carbocycles. The van der Waals surface area contributed by atoms with Crippen molar-refractivity contribution in [3.05, 3.63) is 29.8 Å². The van der Waals surface area contributed by atoms with Crippen LogP contribution in [-0.4, -0.2) is 42.6 Å². The number of likely N-dealkylation sites (tertiary alicyclic amines) is 1. The van der Waals surface area contributed by atoms with Crippen molar-refractivity contribution in [2.45, 2.75) is 38.3 Å². The van der Waals surface area contributed by atoms with Crippen molar-refractivity contribution in [1.29, 1.82) is 0 Å². The minimum Gasteiger partial charge on any atom is -0.487 e. The molecule has 1 amide bonds. The van der Waals surface area contributed by atoms with Crippen molar-refractivity contribution in [1.82, 2.24) is 4.90 Å². The summed E-state index contributed by atoms with van der Waals surface area (Å²) in [5, 5.41) is 0. The van der Waals surface area contributed by atoms with Gasteiger partial charge in [0.05, 0.1) is 19.1 Å². The summed E-state index contributed by atoms with van der Waals surface area (Å²) >= 11 is 0. The summed E-state index contributed by atoms with van der Waals surface area (Å²) in [5.41, 5.74) is 12.5. The lowest BCUT2D eigenvalue weighted by Gasteiger charge is -2.40. The van der Waals surface area contributed by atoms with Gasteiger partial charge in [-0.25, -0.2) is 0 Å². The third kappa shape index (κ3) is 6.55. The molecule has 7 heteroatoms. The molecule has 0 aromatic heterocycles. The van der Waals surface area contributed by atoms with E-state index in [9.17, 15) is 4.79 Å². The van der Waals surface area contributed by atoms with Crippen molar-refractivity contribution >= 4 is 30.7 Å². The van der Waals surface area contributed by atoms with Gasteiger partial charge in [-0.3, -0.25) is 4.79 Å². The van der Waals surface area contributed by atoms with Crippen molar-refractivity contribution in [3.63, 3.8) is 0 Å². The van der Waals surface area contributed by atoms with Crippen molar-refractivity contribution in [2.75, 3.05) is 19.6 Å². The predicted octanol–water partition coefficient (Wildman–Crippen LogP) is 1.88. The first-order valence-corrected chi connectivity index (χ1v) is 7.58. The van der Waals surface area contributed by atoms with Crippen LogP contribution in [0.25, 0.3) is 0 Å². The number of hydrogen-bond acceptors (Lipinski definition) is 4. The molecule has 0 aliphatic carbocycles. The van der Waals surface area contributed by atoms with Crippen LogP contribution in [0.5, 0.6) is 5.75 Å². The Morgan fingerprint density at radius 2 is 2.04 bits per heavy atom. The second-order valence-corrected chi connectivity index (χ2v) is 5.69. The molecule has 1 atom stereocenters. The van der Waals surface area contributed by atoms with Gasteiger partial charge >= 0.3 is 0 Å². The molecule has 1 heterocycles. The van der Waals surface area contributed by atoms with Crippen molar-refractivity contribution in [2.24, 2.45) is 11.5 Å². The highest BCUT2D eigenvalue weighted by atomic mass is 35.5. The van der Waals surface area contributed by atoms with Gasteiger partial charge in [0.1, 0.15) is 11.9 Å². The van der Waals surface area contributed by atoms with E-state index < -0.39 is 6.04 Å². The molecule has 0 bridgehead atoms. The molecule has 2 rings (SSSR count). The number of carbonyl (C=O) groups excluding carboxylic acids is 1. The fourth-order valence-corrected chi connectivity index (χ4v) is 2.44. The van der Waals surface area contributed by atoms with Crippen LogP contribution in [0.15, 0.2) is 24.3 Å². The quantitative estimate of drug-likeness (QED) is 0.724. The van der Waals surface area contributed by atoms with Crippen molar-refractivity contribution < 1.29 is 9.53 Å². The molecular weight excluding hydrogens is 337 g/mol. The van der Waals surface area contributed by atoms with E-state index in [0.717, 1.165) is 18.6 Å². The Bertz CT molecular complexity index is 482. The second-order valence-electron chi connectivity index (χ2n) is 5.69. The van der Waals surface area contributed by atoms with Gasteiger partial charge in [-0.2, -0.15) is 0 Å². The average Bonchev–Trinajstić information content (AvgIpc) is 2.42. The standard InChI is InChI=1S/C16H25N3O2.2ClH/c1-12-5-4-6-13(9-12)21-14-10-19(11-14)16(20)15(18)7-2-3-8-17;;/h4-6,9,14-15H,2-3,7-8,10-11,17-18H2,1H3;2*1H/t15-;;/m0../s1. The number of amides is 1. The zero-order valence-electron chi connectivity index (χ0n) is 13.4. The van der Waals surface area contributed by atoms with E-state index in [2.05, 4.69) is 0 Å². The normalized spacial score (nSPS) is 15.0. The fraction of sp³-hybridized carbons (Fsp3) is 0.562. The third-order valence-corrected chi connectivity index (χ3v) is 3.74. The van der Waals surface area contributed by atoms with E-state index in [1.54, 1.807) is 4.90 Å². The molecule has 1 aliphatic heterocycles. The minimum atomic E-state index is -0.406. The molecular formula is C16H27Cl2N3O2. The summed E-state index contributed by atoms with van der Waals surface area (Å²) in [6.07, 6.45) is 2.60. The third-order valence-electron chi connectivity index (χ3n) is 3.74. The van der Waals surface area contributed by atoms with Gasteiger partial charge in [0.15, 0.2) is 0 Å². The Hall–Kier alpha value is -1.01. The zero-order valence-corrected chi connectivity index (χ0v) is 15.1. The van der Waals surface area contributed by atoms with Crippen LogP contribution in [0, 0.1) is 6.92 Å². The molecule has 1 aromatic rings. The molecule has 1 saturated heterocycles. The van der Waals surface area contributed by atoms with Gasteiger partial charge < -0.3 is 21.1 Å². The van der Waals surface area contributed by atoms with Gasteiger partial charge in [-0.15, -0.1) is 24.8 Å². The second kappa shape index (κ2) is 10.7. The summed E-state index contributed by atoms with van der Waals surface area (Å²) in [6.45, 7) is 3.93. The molecule has 4 N–H and O–H groups in total. The monoisotopic (exact) mass is 363 g/mol. The molecule has 132 valence electrons. The van der Waals surface area contributed by atoms with Gasteiger partial charge in [0.2, 0.25) is 5.91 Å². The predicted molar refractivity (Wildman–Crippen MR) is 97.6 cm³/mol. The first-order valence-electron chi connectivity index (χ1n) is 7.58. The maximum absolute atomic E-state index is 12.1. The van der Waals surface area contributed by atoms with Gasteiger partial charge in [-0.1, -0.05) is 18.6 Å². The highest BCUT2D eigenvalue weighted by Gasteiger charge is 2.34. The smallest absolute Gasteiger partial charge is 0.239 e. The maximum atomic E-state index is 12.1. The summed E-state index contributed by atoms with van der Waals surface area (Å²) in [5.74, 6) is 0.885. The summed E-state index contributed by atoms with van der Waals surface area (Å²) in [6, 6.07) is 7.54. The van der Waals surface area contributed by atoms with Crippen LogP contribution in [0.2, 0.25) is 0 Å². The summed E-state index contributed by atoms with van der Waals surface area (Å²) in [4.78, 5) is 13.9. The number of halogens is 2. The van der Waals surface area contributed by atoms with Gasteiger partial charge in [-0.05, 0) is 44.0 Å². The number of rotatable bonds is 7. The number of nitrogens with zero attached hydrogens (tertiary/aromatic N) is 1. The van der Waals surface area contributed by atoms with E-state index in [4.69, 9.17) is 16.2 Å². The number of aryl methyl sites for hydroxylation is 1. The van der Waals surface area contributed by atoms with Gasteiger partial charge in [0, 0.05) is 0 Å². The van der Waals surface area contributed by atoms with Gasteiger partial charge in [0.25, 0.3) is 0 Å². The van der Waals surface area contributed by atoms with Crippen LogP contribution in [0.1, 0.15) is 24.8 Å². The number of carbonyl (C=O) groups is 1. The largest absolute Gasteiger partial charge is 0.487 e. The maximum Gasteiger partial charge on any atom is 0.239 e. The highest BCUT2D eigenvalue weighted by molar-refractivity contribution is 5.85. The van der Waals surface area contributed by atoms with Crippen LogP contribution < -0.4 is 16.2 Å². The van der Waals surface area contributed by atoms with Crippen LogP contribution in [0.4, 0.5) is 0 Å². The summed E-state index contributed by atoms with van der Waals surface area (Å²) < 4.78 is 5.84. The number of unbranched alkanes of at least 4 members (excludes halogenated alkanes) is 1. The Labute approximate surface area is 150 Å². The lowest BCUT2D eigenvalue weighted by Crippen LogP contribution is -2.59. The van der Waals surface area contributed by atoms with Crippen molar-refractivity contribution in [3.8, 4) is 5.75 Å². The number of benzene rings is 1. The first-order chi connectivity index (χ1) is 10.1.